The Balaban J connectivity index is 0.796. The molecule has 0 aromatic rings. The second kappa shape index (κ2) is 3.59. The highest BCUT2D eigenvalue weighted by Crippen LogP contribution is 3.00. The van der Waals surface area contributed by atoms with Crippen LogP contribution < -0.4 is 5.73 Å². The summed E-state index contributed by atoms with van der Waals surface area (Å²) in [5.74, 6) is 32.0. The predicted octanol–water partition coefficient (Wildman–Crippen LogP) is 3.94. The van der Waals surface area contributed by atoms with Gasteiger partial charge in [-0.15, -0.1) is 0 Å². The van der Waals surface area contributed by atoms with Gasteiger partial charge in [-0.2, -0.15) is 0 Å². The lowest BCUT2D eigenvalue weighted by atomic mass is 9.04. The summed E-state index contributed by atoms with van der Waals surface area (Å²) in [6.45, 7) is 5.19. The van der Waals surface area contributed by atoms with Crippen molar-refractivity contribution < 1.29 is 0 Å². The van der Waals surface area contributed by atoms with E-state index in [1.807, 2.05) is 0 Å². The Hall–Kier alpha value is -0.0400. The molecule has 14 aliphatic carbocycles. The molecule has 166 valence electrons. The van der Waals surface area contributed by atoms with Crippen LogP contribution in [0.15, 0.2) is 0 Å². The molecule has 0 aromatic heterocycles. The van der Waals surface area contributed by atoms with E-state index in [1.54, 1.807) is 6.42 Å². The summed E-state index contributed by atoms with van der Waals surface area (Å²) in [4.78, 5) is 0. The molecular weight excluding hydrogens is 386 g/mol. The summed E-state index contributed by atoms with van der Waals surface area (Å²) in [6.07, 6.45) is 1.66. The lowest BCUT2D eigenvalue weighted by Crippen LogP contribution is -3.03. The minimum Gasteiger partial charge on any atom is -0.324 e. The fraction of sp³-hybridized carbons (Fsp3) is 1.00. The van der Waals surface area contributed by atoms with Crippen LogP contribution in [0.3, 0.4) is 0 Å². The van der Waals surface area contributed by atoms with Crippen LogP contribution in [0.4, 0.5) is 0 Å². The molecule has 28 unspecified atom stereocenters. The molecule has 0 amide bonds. The zero-order valence-corrected chi connectivity index (χ0v) is 19.4. The zero-order valence-electron chi connectivity index (χ0n) is 19.4. The summed E-state index contributed by atoms with van der Waals surface area (Å²) < 4.78 is 0. The van der Waals surface area contributed by atoms with E-state index in [4.69, 9.17) is 5.73 Å². The van der Waals surface area contributed by atoms with Crippen LogP contribution in [0.2, 0.25) is 0 Å². The van der Waals surface area contributed by atoms with Gasteiger partial charge in [0.2, 0.25) is 0 Å². The molecule has 2 N–H and O–H groups in total. The molecular formula is C31H37N. The van der Waals surface area contributed by atoms with Gasteiger partial charge >= 0.3 is 0 Å². The Kier molecular flexibility index (Phi) is 1.70. The summed E-state index contributed by atoms with van der Waals surface area (Å²) in [7, 11) is 0. The van der Waals surface area contributed by atoms with Crippen LogP contribution in [-0.2, 0) is 0 Å². The smallest absolute Gasteiger partial charge is 0.0257 e. The molecule has 28 atom stereocenters. The minimum absolute atomic E-state index is 0.387. The van der Waals surface area contributed by atoms with Crippen LogP contribution in [0.1, 0.15) is 20.3 Å². The van der Waals surface area contributed by atoms with Crippen molar-refractivity contribution in [3.63, 3.8) is 0 Å². The molecule has 0 bridgehead atoms. The van der Waals surface area contributed by atoms with Crippen molar-refractivity contribution in [1.82, 2.24) is 0 Å². The van der Waals surface area contributed by atoms with Crippen LogP contribution in [-0.4, -0.2) is 5.54 Å². The predicted molar refractivity (Wildman–Crippen MR) is 117 cm³/mol. The highest BCUT2D eigenvalue weighted by molar-refractivity contribution is 5.47. The van der Waals surface area contributed by atoms with Gasteiger partial charge in [0.05, 0.1) is 0 Å². The second-order valence-electron chi connectivity index (χ2n) is 17.4. The van der Waals surface area contributed by atoms with E-state index in [1.165, 1.54) is 107 Å². The quantitative estimate of drug-likeness (QED) is 0.587. The van der Waals surface area contributed by atoms with Crippen molar-refractivity contribution in [2.75, 3.05) is 0 Å². The van der Waals surface area contributed by atoms with Crippen LogP contribution in [0.5, 0.6) is 0 Å². The third-order valence-electron chi connectivity index (χ3n) is 19.3. The Morgan fingerprint density at radius 3 is 1.19 bits per heavy atom. The highest BCUT2D eigenvalue weighted by Gasteiger charge is 2.99. The van der Waals surface area contributed by atoms with Gasteiger partial charge in [-0.1, -0.05) is 13.8 Å². The van der Waals surface area contributed by atoms with E-state index in [0.717, 1.165) is 53.3 Å². The first-order valence-electron chi connectivity index (χ1n) is 15.5. The van der Waals surface area contributed by atoms with Crippen LogP contribution >= 0.6 is 0 Å². The fourth-order valence-electron chi connectivity index (χ4n) is 19.1. The van der Waals surface area contributed by atoms with Gasteiger partial charge in [-0.3, -0.25) is 0 Å². The third-order valence-corrected chi connectivity index (χ3v) is 19.3. The van der Waals surface area contributed by atoms with Crippen molar-refractivity contribution in [2.24, 2.45) is 166 Å². The Morgan fingerprint density at radius 2 is 0.719 bits per heavy atom. The maximum absolute atomic E-state index is 7.54. The highest BCUT2D eigenvalue weighted by atomic mass is 15.1. The second-order valence-corrected chi connectivity index (χ2v) is 17.4. The van der Waals surface area contributed by atoms with E-state index < -0.39 is 0 Å². The van der Waals surface area contributed by atoms with Gasteiger partial charge in [-0.25, -0.2) is 0 Å². The van der Waals surface area contributed by atoms with Gasteiger partial charge in [-0.05, 0) is 166 Å². The van der Waals surface area contributed by atoms with Crippen molar-refractivity contribution in [3.8, 4) is 0 Å². The van der Waals surface area contributed by atoms with Crippen molar-refractivity contribution in [2.45, 2.75) is 25.8 Å². The Labute approximate surface area is 191 Å². The summed E-state index contributed by atoms with van der Waals surface area (Å²) >= 11 is 0. The molecule has 14 rings (SSSR count). The largest absolute Gasteiger partial charge is 0.324 e. The SMILES string of the molecule is CC1C(C)C2C1C1C2C2C1C1C2C2C1C1C2C2(N)C3C4C5C6C7C8CC8C7C6C5C4C3C12. The minimum atomic E-state index is 0.387. The number of fused-ring (bicyclic) bond motifs is 37. The summed E-state index contributed by atoms with van der Waals surface area (Å²) in [6, 6.07) is 0. The molecule has 32 heavy (non-hydrogen) atoms. The van der Waals surface area contributed by atoms with E-state index >= 15 is 0 Å². The lowest BCUT2D eigenvalue weighted by Gasteiger charge is -3.01. The van der Waals surface area contributed by atoms with Gasteiger partial charge < -0.3 is 5.73 Å². The molecule has 0 spiro atoms. The standard InChI is InChI=1S/C31H37N/c1-4-5(2)9-8(4)12-13(9)17-16(12)19-21(17)25-23(19)27-29(25)31(32)28-24-20-15-11-7-3-6(7)10(11)14(15)18(20)22(24)26(28)30(27)31/h4-30H,3,32H2,1-2H3. The molecule has 14 fully saturated rings. The summed E-state index contributed by atoms with van der Waals surface area (Å²) in [5, 5.41) is 0. The topological polar surface area (TPSA) is 26.0 Å². The first-order valence-corrected chi connectivity index (χ1v) is 15.5. The van der Waals surface area contributed by atoms with E-state index in [-0.39, 0.29) is 0 Å². The molecule has 0 aromatic carbocycles. The first-order chi connectivity index (χ1) is 15.7. The maximum atomic E-state index is 7.54. The van der Waals surface area contributed by atoms with E-state index in [9.17, 15) is 0 Å². The molecule has 0 radical (unpaired) electrons. The number of rotatable bonds is 0. The maximum Gasteiger partial charge on any atom is 0.0257 e. The van der Waals surface area contributed by atoms with E-state index in [2.05, 4.69) is 13.8 Å². The first kappa shape index (κ1) is 15.2. The number of hydrogen-bond donors (Lipinski definition) is 1. The van der Waals surface area contributed by atoms with Crippen molar-refractivity contribution >= 4 is 0 Å². The molecule has 14 saturated carbocycles. The molecule has 0 heterocycles. The lowest BCUT2D eigenvalue weighted by molar-refractivity contribution is -0.528. The van der Waals surface area contributed by atoms with Gasteiger partial charge in [0.15, 0.2) is 0 Å². The number of nitrogens with two attached hydrogens (primary N) is 1. The van der Waals surface area contributed by atoms with Gasteiger partial charge in [0.1, 0.15) is 0 Å². The Bertz CT molecular complexity index is 1140. The van der Waals surface area contributed by atoms with Crippen LogP contribution in [0.25, 0.3) is 0 Å². The van der Waals surface area contributed by atoms with Gasteiger partial charge in [0, 0.05) is 5.54 Å². The monoisotopic (exact) mass is 423 g/mol. The Morgan fingerprint density at radius 1 is 0.406 bits per heavy atom. The average molecular weight is 424 g/mol. The summed E-state index contributed by atoms with van der Waals surface area (Å²) in [5.41, 5.74) is 7.93. The zero-order chi connectivity index (χ0) is 19.8. The van der Waals surface area contributed by atoms with Crippen molar-refractivity contribution in [3.05, 3.63) is 0 Å². The molecule has 1 heteroatoms. The third kappa shape index (κ3) is 0.891. The average Bonchev–Trinajstić information content (AvgIpc) is 3.42. The normalized spacial score (nSPS) is 98.2. The van der Waals surface area contributed by atoms with Crippen LogP contribution in [0, 0.1) is 160 Å². The molecule has 14 aliphatic rings. The van der Waals surface area contributed by atoms with Crippen molar-refractivity contribution in [1.29, 1.82) is 0 Å². The molecule has 1 nitrogen and oxygen atoms in total. The molecule has 0 saturated heterocycles. The number of hydrogen-bond acceptors (Lipinski definition) is 1. The molecule has 0 aliphatic heterocycles. The van der Waals surface area contributed by atoms with E-state index in [0.29, 0.717) is 5.54 Å². The van der Waals surface area contributed by atoms with Gasteiger partial charge in [0.25, 0.3) is 0 Å². The fourth-order valence-corrected chi connectivity index (χ4v) is 19.1.